The first-order chi connectivity index (χ1) is 7.44. The first-order valence-electron chi connectivity index (χ1n) is 5.35. The molecule has 0 radical (unpaired) electrons. The number of aromatic nitrogens is 1. The van der Waals surface area contributed by atoms with E-state index in [0.29, 0.717) is 18.1 Å². The summed E-state index contributed by atoms with van der Waals surface area (Å²) in [5.74, 6) is 1.30. The molecule has 1 aromatic rings. The number of hydrogen-bond donors (Lipinski definition) is 1. The molecule has 0 saturated heterocycles. The van der Waals surface area contributed by atoms with E-state index in [-0.39, 0.29) is 12.3 Å². The minimum Gasteiger partial charge on any atom is -0.444 e. The summed E-state index contributed by atoms with van der Waals surface area (Å²) in [5.41, 5.74) is 0.732. The fourth-order valence-corrected chi connectivity index (χ4v) is 2.48. The Morgan fingerprint density at radius 1 is 1.38 bits per heavy atom. The maximum Gasteiger partial charge on any atom is 0.212 e. The van der Waals surface area contributed by atoms with Gasteiger partial charge in [0.05, 0.1) is 18.0 Å². The Balaban J connectivity index is 2.54. The zero-order valence-corrected chi connectivity index (χ0v) is 10.7. The van der Waals surface area contributed by atoms with Crippen molar-refractivity contribution >= 4 is 10.0 Å². The number of oxazole rings is 1. The lowest BCUT2D eigenvalue weighted by Gasteiger charge is -2.04. The highest BCUT2D eigenvalue weighted by Gasteiger charge is 2.12. The normalized spacial score (nSPS) is 11.9. The molecule has 1 aromatic heterocycles. The van der Waals surface area contributed by atoms with Gasteiger partial charge in [-0.25, -0.2) is 18.1 Å². The van der Waals surface area contributed by atoms with Crippen molar-refractivity contribution in [2.45, 2.75) is 40.2 Å². The highest BCUT2D eigenvalue weighted by molar-refractivity contribution is 7.89. The molecular weight excluding hydrogens is 228 g/mol. The van der Waals surface area contributed by atoms with Crippen LogP contribution < -0.4 is 4.72 Å². The molecule has 6 heteroatoms. The third-order valence-corrected chi connectivity index (χ3v) is 3.63. The van der Waals surface area contributed by atoms with Crippen LogP contribution in [-0.4, -0.2) is 19.2 Å². The van der Waals surface area contributed by atoms with Gasteiger partial charge in [0.25, 0.3) is 0 Å². The number of nitrogens with one attached hydrogen (secondary N) is 1. The summed E-state index contributed by atoms with van der Waals surface area (Å²) in [4.78, 5) is 4.07. The third-order valence-electron chi connectivity index (χ3n) is 2.22. The Labute approximate surface area is 96.3 Å². The molecule has 0 spiro atoms. The van der Waals surface area contributed by atoms with Gasteiger partial charge in [0.2, 0.25) is 10.0 Å². The van der Waals surface area contributed by atoms with E-state index in [1.807, 2.05) is 6.92 Å². The van der Waals surface area contributed by atoms with Crippen LogP contribution in [0.25, 0.3) is 0 Å². The maximum absolute atomic E-state index is 11.5. The average molecular weight is 246 g/mol. The van der Waals surface area contributed by atoms with E-state index in [0.717, 1.165) is 12.1 Å². The summed E-state index contributed by atoms with van der Waals surface area (Å²) in [7, 11) is -3.19. The van der Waals surface area contributed by atoms with E-state index < -0.39 is 10.0 Å². The van der Waals surface area contributed by atoms with Crippen LogP contribution in [0.15, 0.2) is 4.42 Å². The minimum absolute atomic E-state index is 0.162. The van der Waals surface area contributed by atoms with Crippen molar-refractivity contribution in [2.75, 3.05) is 5.75 Å². The summed E-state index contributed by atoms with van der Waals surface area (Å²) in [6, 6.07) is 0. The maximum atomic E-state index is 11.5. The number of rotatable bonds is 6. The van der Waals surface area contributed by atoms with Gasteiger partial charge in [-0.1, -0.05) is 13.3 Å². The van der Waals surface area contributed by atoms with Crippen molar-refractivity contribution < 1.29 is 12.8 Å². The predicted molar refractivity (Wildman–Crippen MR) is 61.5 cm³/mol. The molecule has 0 saturated carbocycles. The molecule has 0 aliphatic heterocycles. The van der Waals surface area contributed by atoms with Gasteiger partial charge >= 0.3 is 0 Å². The summed E-state index contributed by atoms with van der Waals surface area (Å²) in [6.45, 7) is 5.67. The molecule has 0 atom stereocenters. The van der Waals surface area contributed by atoms with E-state index >= 15 is 0 Å². The fraction of sp³-hybridized carbons (Fsp3) is 0.700. The summed E-state index contributed by atoms with van der Waals surface area (Å²) in [6.07, 6.45) is 1.53. The van der Waals surface area contributed by atoms with Crippen LogP contribution in [0.4, 0.5) is 0 Å². The molecule has 0 amide bonds. The van der Waals surface area contributed by atoms with Gasteiger partial charge in [-0.3, -0.25) is 0 Å². The zero-order valence-electron chi connectivity index (χ0n) is 9.91. The van der Waals surface area contributed by atoms with Crippen molar-refractivity contribution in [2.24, 2.45) is 0 Å². The first-order valence-corrected chi connectivity index (χ1v) is 7.00. The van der Waals surface area contributed by atoms with Crippen LogP contribution in [-0.2, 0) is 16.6 Å². The third kappa shape index (κ3) is 3.94. The molecule has 0 fully saturated rings. The molecule has 0 aliphatic rings. The zero-order chi connectivity index (χ0) is 12.2. The second-order valence-corrected chi connectivity index (χ2v) is 5.66. The summed E-state index contributed by atoms with van der Waals surface area (Å²) in [5, 5.41) is 0. The molecule has 0 bridgehead atoms. The van der Waals surface area contributed by atoms with Crippen LogP contribution in [0.5, 0.6) is 0 Å². The first kappa shape index (κ1) is 13.2. The Morgan fingerprint density at radius 2 is 2.06 bits per heavy atom. The fourth-order valence-electron chi connectivity index (χ4n) is 1.32. The molecule has 92 valence electrons. The van der Waals surface area contributed by atoms with Crippen molar-refractivity contribution in [1.82, 2.24) is 9.71 Å². The van der Waals surface area contributed by atoms with Gasteiger partial charge < -0.3 is 4.42 Å². The molecule has 1 heterocycles. The highest BCUT2D eigenvalue weighted by Crippen LogP contribution is 2.09. The highest BCUT2D eigenvalue weighted by atomic mass is 32.2. The van der Waals surface area contributed by atoms with Gasteiger partial charge in [0.1, 0.15) is 5.76 Å². The second-order valence-electron chi connectivity index (χ2n) is 3.74. The van der Waals surface area contributed by atoms with Gasteiger partial charge in [-0.2, -0.15) is 0 Å². The van der Waals surface area contributed by atoms with Crippen LogP contribution in [0, 0.1) is 13.8 Å². The standard InChI is InChI=1S/C10H18N2O3S/c1-4-5-6-16(13,14)11-7-10-8(2)12-9(3)15-10/h11H,4-7H2,1-3H3. The SMILES string of the molecule is CCCCS(=O)(=O)NCc1oc(C)nc1C. The van der Waals surface area contributed by atoms with Gasteiger partial charge in [0.15, 0.2) is 5.89 Å². The average Bonchev–Trinajstić information content (AvgIpc) is 2.52. The number of unbranched alkanes of at least 4 members (excludes halogenated alkanes) is 1. The van der Waals surface area contributed by atoms with E-state index in [4.69, 9.17) is 4.42 Å². The van der Waals surface area contributed by atoms with Crippen molar-refractivity contribution in [3.63, 3.8) is 0 Å². The Kier molecular flexibility index (Phi) is 4.49. The van der Waals surface area contributed by atoms with Gasteiger partial charge in [-0.05, 0) is 13.3 Å². The van der Waals surface area contributed by atoms with Crippen molar-refractivity contribution in [1.29, 1.82) is 0 Å². The Hall–Kier alpha value is -0.880. The van der Waals surface area contributed by atoms with E-state index in [2.05, 4.69) is 9.71 Å². The molecule has 0 aliphatic carbocycles. The van der Waals surface area contributed by atoms with Crippen LogP contribution in [0.2, 0.25) is 0 Å². The van der Waals surface area contributed by atoms with Crippen LogP contribution in [0.3, 0.4) is 0 Å². The molecule has 0 aromatic carbocycles. The molecule has 1 rings (SSSR count). The number of hydrogen-bond acceptors (Lipinski definition) is 4. The molecule has 5 nitrogen and oxygen atoms in total. The predicted octanol–water partition coefficient (Wildman–Crippen LogP) is 1.51. The lowest BCUT2D eigenvalue weighted by molar-refractivity contribution is 0.466. The number of sulfonamides is 1. The summed E-state index contributed by atoms with van der Waals surface area (Å²) < 4.78 is 30.8. The largest absolute Gasteiger partial charge is 0.444 e. The topological polar surface area (TPSA) is 72.2 Å². The lowest BCUT2D eigenvalue weighted by Crippen LogP contribution is -2.25. The Bertz CT molecular complexity index is 437. The summed E-state index contributed by atoms with van der Waals surface area (Å²) >= 11 is 0. The monoisotopic (exact) mass is 246 g/mol. The van der Waals surface area contributed by atoms with E-state index in [9.17, 15) is 8.42 Å². The number of nitrogens with zero attached hydrogens (tertiary/aromatic N) is 1. The second kappa shape index (κ2) is 5.45. The Morgan fingerprint density at radius 3 is 2.56 bits per heavy atom. The molecule has 0 unspecified atom stereocenters. The van der Waals surface area contributed by atoms with Crippen molar-refractivity contribution in [3.05, 3.63) is 17.3 Å². The van der Waals surface area contributed by atoms with E-state index in [1.165, 1.54) is 0 Å². The molecule has 1 N–H and O–H groups in total. The van der Waals surface area contributed by atoms with E-state index in [1.54, 1.807) is 13.8 Å². The lowest BCUT2D eigenvalue weighted by atomic mass is 10.4. The van der Waals surface area contributed by atoms with Crippen LogP contribution in [0.1, 0.15) is 37.1 Å². The molecule has 16 heavy (non-hydrogen) atoms. The van der Waals surface area contributed by atoms with Crippen LogP contribution >= 0.6 is 0 Å². The quantitative estimate of drug-likeness (QED) is 0.825. The molecular formula is C10H18N2O3S. The number of aryl methyl sites for hydroxylation is 2. The minimum atomic E-state index is -3.19. The van der Waals surface area contributed by atoms with Gasteiger partial charge in [-0.15, -0.1) is 0 Å². The van der Waals surface area contributed by atoms with Crippen molar-refractivity contribution in [3.8, 4) is 0 Å². The van der Waals surface area contributed by atoms with Gasteiger partial charge in [0, 0.05) is 6.92 Å². The smallest absolute Gasteiger partial charge is 0.212 e.